The van der Waals surface area contributed by atoms with Crippen LogP contribution >= 0.6 is 15.9 Å². The maximum atomic E-state index is 11.2. The second-order valence-corrected chi connectivity index (χ2v) is 4.76. The molecule has 0 atom stereocenters. The summed E-state index contributed by atoms with van der Waals surface area (Å²) in [5, 5.41) is 13.7. The number of rotatable bonds is 2. The predicted octanol–water partition coefficient (Wildman–Crippen LogP) is 1.08. The van der Waals surface area contributed by atoms with E-state index in [0.717, 1.165) is 0 Å². The molecule has 7 nitrogen and oxygen atoms in total. The average molecular weight is 315 g/mol. The largest absolute Gasteiger partial charge is 0.354 e. The lowest BCUT2D eigenvalue weighted by Crippen LogP contribution is -2.29. The van der Waals surface area contributed by atoms with E-state index in [9.17, 15) is 14.9 Å². The number of carbonyl (C=O) groups excluding carboxylic acids is 1. The van der Waals surface area contributed by atoms with Crippen LogP contribution in [-0.4, -0.2) is 35.4 Å². The normalized spacial score (nSPS) is 16.1. The van der Waals surface area contributed by atoms with Crippen LogP contribution in [0.5, 0.6) is 0 Å². The van der Waals surface area contributed by atoms with Crippen LogP contribution in [0.15, 0.2) is 16.7 Å². The van der Waals surface area contributed by atoms with Gasteiger partial charge in [0, 0.05) is 42.8 Å². The van der Waals surface area contributed by atoms with Gasteiger partial charge in [-0.2, -0.15) is 0 Å². The predicted molar refractivity (Wildman–Crippen MR) is 68.4 cm³/mol. The lowest BCUT2D eigenvalue weighted by molar-refractivity contribution is -0.384. The molecule has 1 fully saturated rings. The van der Waals surface area contributed by atoms with Crippen molar-refractivity contribution in [2.45, 2.75) is 6.42 Å². The number of nitrogens with one attached hydrogen (secondary N) is 1. The van der Waals surface area contributed by atoms with Gasteiger partial charge in [0.1, 0.15) is 0 Å². The van der Waals surface area contributed by atoms with Crippen molar-refractivity contribution in [3.8, 4) is 0 Å². The monoisotopic (exact) mass is 314 g/mol. The molecule has 0 radical (unpaired) electrons. The van der Waals surface area contributed by atoms with Crippen molar-refractivity contribution < 1.29 is 9.72 Å². The van der Waals surface area contributed by atoms with Crippen LogP contribution in [0.25, 0.3) is 0 Å². The van der Waals surface area contributed by atoms with Gasteiger partial charge in [-0.1, -0.05) is 0 Å². The van der Waals surface area contributed by atoms with Crippen LogP contribution < -0.4 is 10.2 Å². The Bertz CT molecular complexity index is 494. The zero-order valence-electron chi connectivity index (χ0n) is 9.43. The molecular weight excluding hydrogens is 304 g/mol. The zero-order chi connectivity index (χ0) is 13.1. The van der Waals surface area contributed by atoms with Gasteiger partial charge in [0.05, 0.1) is 4.92 Å². The molecule has 8 heteroatoms. The Morgan fingerprint density at radius 3 is 3.00 bits per heavy atom. The van der Waals surface area contributed by atoms with E-state index in [0.29, 0.717) is 36.3 Å². The van der Waals surface area contributed by atoms with Gasteiger partial charge in [0.2, 0.25) is 11.7 Å². The van der Waals surface area contributed by atoms with Crippen molar-refractivity contribution in [2.24, 2.45) is 0 Å². The van der Waals surface area contributed by atoms with Gasteiger partial charge in [-0.05, 0) is 15.9 Å². The molecule has 0 spiro atoms. The molecule has 1 saturated heterocycles. The van der Waals surface area contributed by atoms with Gasteiger partial charge < -0.3 is 10.2 Å². The first-order valence-corrected chi connectivity index (χ1v) is 6.19. The lowest BCUT2D eigenvalue weighted by atomic mass is 10.3. The number of pyridine rings is 1. The Kier molecular flexibility index (Phi) is 3.75. The number of carbonyl (C=O) groups is 1. The highest BCUT2D eigenvalue weighted by molar-refractivity contribution is 9.10. The second-order valence-electron chi connectivity index (χ2n) is 3.84. The maximum absolute atomic E-state index is 11.2. The first kappa shape index (κ1) is 12.7. The van der Waals surface area contributed by atoms with Crippen LogP contribution in [-0.2, 0) is 4.79 Å². The third-order valence-corrected chi connectivity index (χ3v) is 3.06. The molecule has 2 heterocycles. The van der Waals surface area contributed by atoms with Gasteiger partial charge >= 0.3 is 5.69 Å². The van der Waals surface area contributed by atoms with E-state index in [4.69, 9.17) is 0 Å². The van der Waals surface area contributed by atoms with Gasteiger partial charge in [0.15, 0.2) is 0 Å². The number of nitro groups is 1. The molecular formula is C10H11BrN4O3. The summed E-state index contributed by atoms with van der Waals surface area (Å²) in [4.78, 5) is 27.6. The van der Waals surface area contributed by atoms with Crippen LogP contribution in [0.2, 0.25) is 0 Å². The minimum atomic E-state index is -0.465. The van der Waals surface area contributed by atoms with Crippen LogP contribution in [0.3, 0.4) is 0 Å². The van der Waals surface area contributed by atoms with Gasteiger partial charge in [-0.3, -0.25) is 14.9 Å². The highest BCUT2D eigenvalue weighted by Crippen LogP contribution is 2.28. The van der Waals surface area contributed by atoms with E-state index in [1.165, 1.54) is 12.3 Å². The first-order valence-electron chi connectivity index (χ1n) is 5.39. The Morgan fingerprint density at radius 2 is 2.28 bits per heavy atom. The van der Waals surface area contributed by atoms with E-state index in [2.05, 4.69) is 26.2 Å². The molecule has 1 aromatic rings. The Labute approximate surface area is 111 Å². The maximum Gasteiger partial charge on any atom is 0.312 e. The molecule has 0 aliphatic carbocycles. The first-order chi connectivity index (χ1) is 8.58. The molecule has 1 aromatic heterocycles. The molecule has 0 unspecified atom stereocenters. The topological polar surface area (TPSA) is 88.4 Å². The van der Waals surface area contributed by atoms with Gasteiger partial charge in [0.25, 0.3) is 0 Å². The fourth-order valence-corrected chi connectivity index (χ4v) is 2.10. The van der Waals surface area contributed by atoms with Gasteiger partial charge in [-0.15, -0.1) is 0 Å². The summed E-state index contributed by atoms with van der Waals surface area (Å²) >= 11 is 3.16. The number of anilines is 1. The molecule has 0 aromatic carbocycles. The molecule has 2 rings (SSSR count). The highest BCUT2D eigenvalue weighted by Gasteiger charge is 2.23. The summed E-state index contributed by atoms with van der Waals surface area (Å²) in [5.74, 6) is 0.261. The van der Waals surface area contributed by atoms with E-state index in [1.807, 2.05) is 0 Å². The minimum absolute atomic E-state index is 0.0442. The SMILES string of the molecule is O=C1CCN(c2ncc(Br)cc2[N+](=O)[O-])CCN1. The van der Waals surface area contributed by atoms with E-state index >= 15 is 0 Å². The van der Waals surface area contributed by atoms with Crippen LogP contribution in [0.1, 0.15) is 6.42 Å². The van der Waals surface area contributed by atoms with Crippen molar-refractivity contribution in [2.75, 3.05) is 24.5 Å². The molecule has 1 aliphatic heterocycles. The van der Waals surface area contributed by atoms with Crippen LogP contribution in [0, 0.1) is 10.1 Å². The number of hydrogen-bond donors (Lipinski definition) is 1. The molecule has 0 bridgehead atoms. The number of nitrogens with zero attached hydrogens (tertiary/aromatic N) is 3. The molecule has 18 heavy (non-hydrogen) atoms. The fraction of sp³-hybridized carbons (Fsp3) is 0.400. The lowest BCUT2D eigenvalue weighted by Gasteiger charge is -2.20. The molecule has 1 amide bonds. The quantitative estimate of drug-likeness (QED) is 0.652. The Balaban J connectivity index is 2.31. The summed E-state index contributed by atoms with van der Waals surface area (Å²) in [5.41, 5.74) is -0.0567. The average Bonchev–Trinajstić information content (AvgIpc) is 2.54. The molecule has 1 N–H and O–H groups in total. The number of hydrogen-bond acceptors (Lipinski definition) is 5. The smallest absolute Gasteiger partial charge is 0.312 e. The van der Waals surface area contributed by atoms with E-state index in [1.54, 1.807) is 4.90 Å². The van der Waals surface area contributed by atoms with E-state index in [-0.39, 0.29) is 11.6 Å². The summed E-state index contributed by atoms with van der Waals surface area (Å²) in [6.07, 6.45) is 1.83. The highest BCUT2D eigenvalue weighted by atomic mass is 79.9. The van der Waals surface area contributed by atoms with Crippen molar-refractivity contribution in [1.82, 2.24) is 10.3 Å². The van der Waals surface area contributed by atoms with Crippen molar-refractivity contribution in [3.05, 3.63) is 26.9 Å². The number of aromatic nitrogens is 1. The van der Waals surface area contributed by atoms with Gasteiger partial charge in [-0.25, -0.2) is 4.98 Å². The zero-order valence-corrected chi connectivity index (χ0v) is 11.0. The van der Waals surface area contributed by atoms with Crippen LogP contribution in [0.4, 0.5) is 11.5 Å². The Morgan fingerprint density at radius 1 is 1.50 bits per heavy atom. The number of amides is 1. The van der Waals surface area contributed by atoms with Crippen molar-refractivity contribution in [1.29, 1.82) is 0 Å². The number of halogens is 1. The summed E-state index contributed by atoms with van der Waals surface area (Å²) in [6, 6.07) is 1.42. The standard InChI is InChI=1S/C10H11BrN4O3/c11-7-5-8(15(17)18)10(13-6-7)14-3-1-9(16)12-2-4-14/h5-6H,1-4H2,(H,12,16). The van der Waals surface area contributed by atoms with Crippen molar-refractivity contribution in [3.63, 3.8) is 0 Å². The fourth-order valence-electron chi connectivity index (χ4n) is 1.78. The molecule has 96 valence electrons. The van der Waals surface area contributed by atoms with E-state index < -0.39 is 4.92 Å². The molecule has 0 saturated carbocycles. The van der Waals surface area contributed by atoms with Crippen molar-refractivity contribution >= 4 is 33.3 Å². The Hall–Kier alpha value is -1.70. The minimum Gasteiger partial charge on any atom is -0.354 e. The second kappa shape index (κ2) is 5.30. The summed E-state index contributed by atoms with van der Waals surface area (Å²) in [6.45, 7) is 1.41. The third kappa shape index (κ3) is 2.76. The molecule has 1 aliphatic rings. The summed E-state index contributed by atoms with van der Waals surface area (Å²) < 4.78 is 0.557. The summed E-state index contributed by atoms with van der Waals surface area (Å²) in [7, 11) is 0. The third-order valence-electron chi connectivity index (χ3n) is 2.62.